The Morgan fingerprint density at radius 1 is 1.44 bits per heavy atom. The van der Waals surface area contributed by atoms with Crippen LogP contribution in [0.4, 0.5) is 0 Å². The molecule has 10 heteroatoms. The first-order chi connectivity index (χ1) is 8.12. The molecule has 102 valence electrons. The number of hydrogen-bond acceptors (Lipinski definition) is 6. The van der Waals surface area contributed by atoms with E-state index in [2.05, 4.69) is 0 Å². The molecule has 0 spiro atoms. The fourth-order valence-electron chi connectivity index (χ4n) is 1.12. The zero-order valence-corrected chi connectivity index (χ0v) is 11.7. The van der Waals surface area contributed by atoms with E-state index in [1.807, 2.05) is 4.72 Å². The molecular formula is C8H11NO6S3. The molecule has 0 fully saturated rings. The van der Waals surface area contributed by atoms with Crippen molar-refractivity contribution >= 4 is 37.2 Å². The largest absolute Gasteiger partial charge is 0.480 e. The maximum atomic E-state index is 11.7. The van der Waals surface area contributed by atoms with E-state index in [-0.39, 0.29) is 4.21 Å². The minimum absolute atomic E-state index is 0.0674. The van der Waals surface area contributed by atoms with Gasteiger partial charge in [0.1, 0.15) is 20.1 Å². The molecule has 1 unspecified atom stereocenters. The summed E-state index contributed by atoms with van der Waals surface area (Å²) in [7, 11) is -7.62. The molecule has 1 heterocycles. The third-order valence-electron chi connectivity index (χ3n) is 1.82. The molecule has 0 aliphatic rings. The van der Waals surface area contributed by atoms with Crippen molar-refractivity contribution < 1.29 is 26.7 Å². The molecule has 1 rings (SSSR count). The molecule has 0 saturated carbocycles. The first kappa shape index (κ1) is 15.1. The third-order valence-corrected chi connectivity index (χ3v) is 5.63. The van der Waals surface area contributed by atoms with Gasteiger partial charge in [0, 0.05) is 6.26 Å². The van der Waals surface area contributed by atoms with E-state index in [1.54, 1.807) is 0 Å². The van der Waals surface area contributed by atoms with E-state index in [1.165, 1.54) is 17.5 Å². The molecule has 0 bridgehead atoms. The zero-order chi connectivity index (χ0) is 14.0. The number of sulfonamides is 1. The SMILES string of the molecule is CS(=O)(=O)CC(NS(=O)(=O)c1cccs1)C(=O)O. The van der Waals surface area contributed by atoms with Crippen LogP contribution in [-0.2, 0) is 24.7 Å². The van der Waals surface area contributed by atoms with Crippen LogP contribution in [0, 0.1) is 0 Å². The Labute approximate surface area is 108 Å². The molecule has 1 atom stereocenters. The predicted molar refractivity (Wildman–Crippen MR) is 65.8 cm³/mol. The summed E-state index contributed by atoms with van der Waals surface area (Å²) in [6.45, 7) is 0. The third kappa shape index (κ3) is 4.37. The maximum absolute atomic E-state index is 11.7. The Balaban J connectivity index is 2.95. The Kier molecular flexibility index (Phi) is 4.48. The first-order valence-corrected chi connectivity index (χ1v) is 9.00. The molecular weight excluding hydrogens is 302 g/mol. The molecule has 0 saturated heterocycles. The second kappa shape index (κ2) is 5.34. The molecule has 18 heavy (non-hydrogen) atoms. The Hall–Kier alpha value is -0.970. The maximum Gasteiger partial charge on any atom is 0.322 e. The topological polar surface area (TPSA) is 118 Å². The van der Waals surface area contributed by atoms with E-state index in [4.69, 9.17) is 5.11 Å². The zero-order valence-electron chi connectivity index (χ0n) is 9.23. The number of carboxylic acid groups (broad SMARTS) is 1. The van der Waals surface area contributed by atoms with Gasteiger partial charge < -0.3 is 5.11 Å². The van der Waals surface area contributed by atoms with Crippen LogP contribution in [-0.4, -0.2) is 46.0 Å². The summed E-state index contributed by atoms with van der Waals surface area (Å²) in [6, 6.07) is 1.09. The highest BCUT2D eigenvalue weighted by molar-refractivity contribution is 7.92. The van der Waals surface area contributed by atoms with E-state index in [9.17, 15) is 21.6 Å². The highest BCUT2D eigenvalue weighted by Gasteiger charge is 2.28. The number of carboxylic acids is 1. The standard InChI is InChI=1S/C8H11NO6S3/c1-17(12,13)5-6(8(10)11)9-18(14,15)7-3-2-4-16-7/h2-4,6,9H,5H2,1H3,(H,10,11). The second-order valence-corrected chi connectivity index (χ2v) is 8.61. The van der Waals surface area contributed by atoms with Crippen molar-refractivity contribution in [1.82, 2.24) is 4.72 Å². The molecule has 7 nitrogen and oxygen atoms in total. The molecule has 2 N–H and O–H groups in total. The molecule has 0 amide bonds. The van der Waals surface area contributed by atoms with E-state index in [0.29, 0.717) is 0 Å². The highest BCUT2D eigenvalue weighted by Crippen LogP contribution is 2.16. The number of aliphatic carboxylic acids is 1. The molecule has 0 aliphatic heterocycles. The minimum atomic E-state index is -4.01. The van der Waals surface area contributed by atoms with Gasteiger partial charge in [-0.3, -0.25) is 4.79 Å². The van der Waals surface area contributed by atoms with Crippen LogP contribution in [0.5, 0.6) is 0 Å². The van der Waals surface area contributed by atoms with Crippen LogP contribution in [0.1, 0.15) is 0 Å². The Morgan fingerprint density at radius 3 is 2.44 bits per heavy atom. The average molecular weight is 313 g/mol. The van der Waals surface area contributed by atoms with Crippen LogP contribution in [0.15, 0.2) is 21.7 Å². The van der Waals surface area contributed by atoms with Gasteiger partial charge in [-0.15, -0.1) is 11.3 Å². The lowest BCUT2D eigenvalue weighted by Gasteiger charge is -2.12. The van der Waals surface area contributed by atoms with Gasteiger partial charge in [0.05, 0.1) is 5.75 Å². The van der Waals surface area contributed by atoms with Gasteiger partial charge in [-0.05, 0) is 11.4 Å². The van der Waals surface area contributed by atoms with E-state index in [0.717, 1.165) is 17.6 Å². The predicted octanol–water partition coefficient (Wildman–Crippen LogP) is -0.476. The summed E-state index contributed by atoms with van der Waals surface area (Å²) in [6.07, 6.45) is 0.836. The van der Waals surface area contributed by atoms with Crippen molar-refractivity contribution in [3.8, 4) is 0 Å². The number of rotatable bonds is 6. The summed E-state index contributed by atoms with van der Waals surface area (Å²) in [4.78, 5) is 10.8. The molecule has 1 aromatic rings. The summed E-state index contributed by atoms with van der Waals surface area (Å²) >= 11 is 0.909. The van der Waals surface area contributed by atoms with Crippen LogP contribution in [0.2, 0.25) is 0 Å². The number of nitrogens with one attached hydrogen (secondary N) is 1. The van der Waals surface area contributed by atoms with E-state index < -0.39 is 37.6 Å². The van der Waals surface area contributed by atoms with E-state index >= 15 is 0 Å². The van der Waals surface area contributed by atoms with Gasteiger partial charge >= 0.3 is 5.97 Å². The average Bonchev–Trinajstić information content (AvgIpc) is 2.66. The van der Waals surface area contributed by atoms with Gasteiger partial charge in [0.15, 0.2) is 0 Å². The number of carbonyl (C=O) groups is 1. The lowest BCUT2D eigenvalue weighted by Crippen LogP contribution is -2.44. The summed E-state index contributed by atoms with van der Waals surface area (Å²) < 4.78 is 47.3. The van der Waals surface area contributed by atoms with Crippen molar-refractivity contribution in [3.05, 3.63) is 17.5 Å². The fraction of sp³-hybridized carbons (Fsp3) is 0.375. The van der Waals surface area contributed by atoms with Gasteiger partial charge in [-0.1, -0.05) is 6.07 Å². The van der Waals surface area contributed by atoms with Crippen molar-refractivity contribution in [2.45, 2.75) is 10.3 Å². The molecule has 0 aromatic carbocycles. The van der Waals surface area contributed by atoms with Gasteiger partial charge in [-0.25, -0.2) is 16.8 Å². The number of hydrogen-bond donors (Lipinski definition) is 2. The van der Waals surface area contributed by atoms with Crippen molar-refractivity contribution in [3.63, 3.8) is 0 Å². The van der Waals surface area contributed by atoms with Crippen LogP contribution >= 0.6 is 11.3 Å². The Morgan fingerprint density at radius 2 is 2.06 bits per heavy atom. The smallest absolute Gasteiger partial charge is 0.322 e. The monoisotopic (exact) mass is 313 g/mol. The van der Waals surface area contributed by atoms with Crippen LogP contribution in [0.25, 0.3) is 0 Å². The van der Waals surface area contributed by atoms with Gasteiger partial charge in [0.2, 0.25) is 0 Å². The van der Waals surface area contributed by atoms with Crippen molar-refractivity contribution in [2.75, 3.05) is 12.0 Å². The minimum Gasteiger partial charge on any atom is -0.480 e. The van der Waals surface area contributed by atoms with Crippen LogP contribution in [0.3, 0.4) is 0 Å². The lowest BCUT2D eigenvalue weighted by atomic mass is 10.4. The molecule has 0 aliphatic carbocycles. The van der Waals surface area contributed by atoms with Crippen molar-refractivity contribution in [1.29, 1.82) is 0 Å². The Bertz CT molecular complexity index is 616. The van der Waals surface area contributed by atoms with Crippen LogP contribution < -0.4 is 4.72 Å². The summed E-state index contributed by atoms with van der Waals surface area (Å²) in [5.74, 6) is -2.34. The van der Waals surface area contributed by atoms with Crippen molar-refractivity contribution in [2.24, 2.45) is 0 Å². The van der Waals surface area contributed by atoms with Gasteiger partial charge in [0.25, 0.3) is 10.0 Å². The molecule has 1 aromatic heterocycles. The lowest BCUT2D eigenvalue weighted by molar-refractivity contribution is -0.138. The normalized spacial score (nSPS) is 14.3. The molecule has 0 radical (unpaired) electrons. The quantitative estimate of drug-likeness (QED) is 0.732. The fourth-order valence-corrected chi connectivity index (χ4v) is 4.26. The summed E-state index contributed by atoms with van der Waals surface area (Å²) in [5.41, 5.74) is 0. The summed E-state index contributed by atoms with van der Waals surface area (Å²) in [5, 5.41) is 10.3. The highest BCUT2D eigenvalue weighted by atomic mass is 32.2. The number of sulfone groups is 1. The van der Waals surface area contributed by atoms with Gasteiger partial charge in [-0.2, -0.15) is 4.72 Å². The second-order valence-electron chi connectivity index (χ2n) is 3.54. The first-order valence-electron chi connectivity index (χ1n) is 4.58. The number of thiophene rings is 1.